The molecular weight excluding hydrogens is 420 g/mol. The van der Waals surface area contributed by atoms with Gasteiger partial charge in [-0.1, -0.05) is 128 Å². The molecule has 6 rings (SSSR count). The van der Waals surface area contributed by atoms with E-state index >= 15 is 0 Å². The molecule has 0 nitrogen and oxygen atoms in total. The molecule has 1 aliphatic rings. The maximum Gasteiger partial charge on any atom is 0.00842 e. The molecule has 0 aliphatic heterocycles. The summed E-state index contributed by atoms with van der Waals surface area (Å²) in [6.45, 7) is 4.46. The third-order valence-corrected chi connectivity index (χ3v) is 7.51. The molecule has 0 amide bonds. The van der Waals surface area contributed by atoms with Crippen molar-refractivity contribution in [1.82, 2.24) is 0 Å². The van der Waals surface area contributed by atoms with Gasteiger partial charge in [-0.2, -0.15) is 0 Å². The number of aryl methyl sites for hydroxylation is 1. The van der Waals surface area contributed by atoms with Crippen molar-refractivity contribution >= 4 is 21.5 Å². The van der Waals surface area contributed by atoms with Gasteiger partial charge in [0, 0.05) is 5.92 Å². The molecule has 0 heteroatoms. The number of rotatable bonds is 4. The van der Waals surface area contributed by atoms with Crippen LogP contribution in [0.3, 0.4) is 0 Å². The summed E-state index contributed by atoms with van der Waals surface area (Å²) < 4.78 is 0. The smallest absolute Gasteiger partial charge is 0.00842 e. The van der Waals surface area contributed by atoms with Crippen molar-refractivity contribution in [3.05, 3.63) is 144 Å². The highest BCUT2D eigenvalue weighted by molar-refractivity contribution is 6.13. The van der Waals surface area contributed by atoms with Crippen LogP contribution in [0.5, 0.6) is 0 Å². The number of benzene rings is 5. The summed E-state index contributed by atoms with van der Waals surface area (Å²) in [5, 5.41) is 5.27. The topological polar surface area (TPSA) is 0 Å². The fourth-order valence-electron chi connectivity index (χ4n) is 5.58. The van der Waals surface area contributed by atoms with Gasteiger partial charge in [-0.25, -0.2) is 0 Å². The van der Waals surface area contributed by atoms with Crippen LogP contribution in [-0.4, -0.2) is 0 Å². The lowest BCUT2D eigenvalue weighted by molar-refractivity contribution is 0.631. The quantitative estimate of drug-likeness (QED) is 0.239. The summed E-state index contributed by atoms with van der Waals surface area (Å²) in [6.07, 6.45) is 9.97. The second kappa shape index (κ2) is 9.04. The summed E-state index contributed by atoms with van der Waals surface area (Å²) >= 11 is 0. The molecule has 0 saturated heterocycles. The Bertz CT molecular complexity index is 1580. The first kappa shape index (κ1) is 21.6. The lowest BCUT2D eigenvalue weighted by atomic mass is 9.81. The van der Waals surface area contributed by atoms with Crippen LogP contribution in [0, 0.1) is 12.8 Å². The van der Waals surface area contributed by atoms with Crippen molar-refractivity contribution < 1.29 is 0 Å². The first-order valence-corrected chi connectivity index (χ1v) is 12.6. The molecule has 0 radical (unpaired) electrons. The SMILES string of the molecule is Cc1ccc(-c2cc3ccc(Cc4ccccc4C4C=CC=CC4C)cc3c3ccccc23)cc1. The Morgan fingerprint density at radius 2 is 1.40 bits per heavy atom. The van der Waals surface area contributed by atoms with Crippen LogP contribution in [0.15, 0.2) is 121 Å². The van der Waals surface area contributed by atoms with Gasteiger partial charge in [0.2, 0.25) is 0 Å². The summed E-state index contributed by atoms with van der Waals surface area (Å²) in [4.78, 5) is 0. The normalized spacial score (nSPS) is 17.3. The zero-order valence-corrected chi connectivity index (χ0v) is 20.4. The average Bonchev–Trinajstić information content (AvgIpc) is 2.90. The number of allylic oxidation sites excluding steroid dienone is 4. The van der Waals surface area contributed by atoms with Crippen molar-refractivity contribution in [1.29, 1.82) is 0 Å². The highest BCUT2D eigenvalue weighted by Crippen LogP contribution is 2.37. The number of hydrogen-bond acceptors (Lipinski definition) is 0. The summed E-state index contributed by atoms with van der Waals surface area (Å²) in [5.74, 6) is 0.955. The van der Waals surface area contributed by atoms with E-state index in [0.29, 0.717) is 11.8 Å². The fourth-order valence-corrected chi connectivity index (χ4v) is 5.58. The minimum absolute atomic E-state index is 0.439. The number of hydrogen-bond donors (Lipinski definition) is 0. The van der Waals surface area contributed by atoms with E-state index in [1.807, 2.05) is 0 Å². The molecule has 170 valence electrons. The third-order valence-electron chi connectivity index (χ3n) is 7.51. The molecule has 0 fully saturated rings. The first-order chi connectivity index (χ1) is 17.2. The van der Waals surface area contributed by atoms with E-state index in [1.54, 1.807) is 0 Å². The molecule has 1 aliphatic carbocycles. The molecule has 0 saturated carbocycles. The predicted molar refractivity (Wildman–Crippen MR) is 151 cm³/mol. The van der Waals surface area contributed by atoms with Crippen molar-refractivity contribution in [2.45, 2.75) is 26.2 Å². The van der Waals surface area contributed by atoms with Crippen LogP contribution >= 0.6 is 0 Å². The second-order valence-electron chi connectivity index (χ2n) is 9.92. The summed E-state index contributed by atoms with van der Waals surface area (Å²) in [7, 11) is 0. The Balaban J connectivity index is 1.44. The van der Waals surface area contributed by atoms with E-state index in [0.717, 1.165) is 6.42 Å². The van der Waals surface area contributed by atoms with E-state index in [-0.39, 0.29) is 0 Å². The monoisotopic (exact) mass is 450 g/mol. The standard InChI is InChI=1S/C35H30/c1-24-15-18-27(19-16-24)35-23-29-20-17-26(22-34(29)32-13-7-8-14-33(32)35)21-28-10-4-6-12-31(28)30-11-5-3-9-25(30)2/h3-20,22-23,25,30H,21H2,1-2H3. The van der Waals surface area contributed by atoms with E-state index in [2.05, 4.69) is 135 Å². The molecule has 0 heterocycles. The molecule has 2 atom stereocenters. The van der Waals surface area contributed by atoms with Crippen LogP contribution in [0.2, 0.25) is 0 Å². The van der Waals surface area contributed by atoms with Gasteiger partial charge in [0.15, 0.2) is 0 Å². The molecule has 2 unspecified atom stereocenters. The third kappa shape index (κ3) is 4.10. The fraction of sp³-hybridized carbons (Fsp3) is 0.143. The maximum absolute atomic E-state index is 2.41. The van der Waals surface area contributed by atoms with Gasteiger partial charge < -0.3 is 0 Å². The van der Waals surface area contributed by atoms with E-state index in [4.69, 9.17) is 0 Å². The largest absolute Gasteiger partial charge is 0.0808 e. The molecule has 0 spiro atoms. The molecule has 0 N–H and O–H groups in total. The Kier molecular flexibility index (Phi) is 5.58. The van der Waals surface area contributed by atoms with Crippen molar-refractivity contribution in [2.24, 2.45) is 5.92 Å². The van der Waals surface area contributed by atoms with Crippen LogP contribution < -0.4 is 0 Å². The molecule has 0 aromatic heterocycles. The van der Waals surface area contributed by atoms with Crippen molar-refractivity contribution in [3.63, 3.8) is 0 Å². The van der Waals surface area contributed by atoms with E-state index < -0.39 is 0 Å². The van der Waals surface area contributed by atoms with Crippen LogP contribution in [0.1, 0.15) is 35.1 Å². The van der Waals surface area contributed by atoms with Gasteiger partial charge in [0.25, 0.3) is 0 Å². The maximum atomic E-state index is 2.41. The highest BCUT2D eigenvalue weighted by Gasteiger charge is 2.19. The second-order valence-corrected chi connectivity index (χ2v) is 9.92. The van der Waals surface area contributed by atoms with Gasteiger partial charge in [-0.15, -0.1) is 0 Å². The Labute approximate surface area is 208 Å². The molecule has 5 aromatic carbocycles. The van der Waals surface area contributed by atoms with E-state index in [1.165, 1.54) is 54.9 Å². The molecule has 35 heavy (non-hydrogen) atoms. The average molecular weight is 451 g/mol. The molecule has 0 bridgehead atoms. The van der Waals surface area contributed by atoms with Gasteiger partial charge in [-0.05, 0) is 74.7 Å². The Morgan fingerprint density at radius 1 is 0.657 bits per heavy atom. The Hall–Kier alpha value is -3.90. The predicted octanol–water partition coefficient (Wildman–Crippen LogP) is 9.40. The van der Waals surface area contributed by atoms with Crippen molar-refractivity contribution in [3.8, 4) is 11.1 Å². The van der Waals surface area contributed by atoms with Gasteiger partial charge >= 0.3 is 0 Å². The lowest BCUT2D eigenvalue weighted by Gasteiger charge is -2.23. The zero-order chi connectivity index (χ0) is 23.8. The Morgan fingerprint density at radius 3 is 2.23 bits per heavy atom. The zero-order valence-electron chi connectivity index (χ0n) is 20.4. The minimum atomic E-state index is 0.439. The summed E-state index contributed by atoms with van der Waals surface area (Å²) in [5.41, 5.74) is 8.09. The van der Waals surface area contributed by atoms with Gasteiger partial charge in [-0.3, -0.25) is 0 Å². The van der Waals surface area contributed by atoms with Crippen LogP contribution in [0.25, 0.3) is 32.7 Å². The van der Waals surface area contributed by atoms with E-state index in [9.17, 15) is 0 Å². The summed E-state index contributed by atoms with van der Waals surface area (Å²) in [6, 6.07) is 36.1. The lowest BCUT2D eigenvalue weighted by Crippen LogP contribution is -2.10. The molecular formula is C35H30. The number of fused-ring (bicyclic) bond motifs is 3. The minimum Gasteiger partial charge on any atom is -0.0808 e. The highest BCUT2D eigenvalue weighted by atomic mass is 14.2. The van der Waals surface area contributed by atoms with Gasteiger partial charge in [0.1, 0.15) is 0 Å². The van der Waals surface area contributed by atoms with Crippen LogP contribution in [0.4, 0.5) is 0 Å². The first-order valence-electron chi connectivity index (χ1n) is 12.6. The van der Waals surface area contributed by atoms with Crippen LogP contribution in [-0.2, 0) is 6.42 Å². The van der Waals surface area contributed by atoms with Gasteiger partial charge in [0.05, 0.1) is 0 Å². The van der Waals surface area contributed by atoms with Crippen molar-refractivity contribution in [2.75, 3.05) is 0 Å². The molecule has 5 aromatic rings.